The Morgan fingerprint density at radius 1 is 1.33 bits per heavy atom. The summed E-state index contributed by atoms with van der Waals surface area (Å²) in [5.41, 5.74) is -0.380. The number of halogens is 2. The van der Waals surface area contributed by atoms with Crippen LogP contribution in [0.1, 0.15) is 29.6 Å². The molecule has 2 amide bonds. The van der Waals surface area contributed by atoms with Crippen LogP contribution in [0.5, 0.6) is 0 Å². The van der Waals surface area contributed by atoms with E-state index in [1.165, 1.54) is 4.90 Å². The first-order chi connectivity index (χ1) is 9.99. The lowest BCUT2D eigenvalue weighted by Gasteiger charge is -2.38. The Morgan fingerprint density at radius 3 is 2.67 bits per heavy atom. The number of aromatic nitrogens is 1. The molecule has 1 N–H and O–H groups in total. The molecular formula is C14H15F2N3O2. The lowest BCUT2D eigenvalue weighted by atomic mass is 9.77. The van der Waals surface area contributed by atoms with Crippen LogP contribution in [0.15, 0.2) is 12.3 Å². The highest BCUT2D eigenvalue weighted by Gasteiger charge is 2.41. The molecule has 0 unspecified atom stereocenters. The van der Waals surface area contributed by atoms with Gasteiger partial charge in [0.05, 0.1) is 11.8 Å². The molecule has 5 nitrogen and oxygen atoms in total. The Labute approximate surface area is 120 Å². The second kappa shape index (κ2) is 5.05. The summed E-state index contributed by atoms with van der Waals surface area (Å²) in [6, 6.07) is 0.822. The van der Waals surface area contributed by atoms with Gasteiger partial charge in [-0.1, -0.05) is 0 Å². The average Bonchev–Trinajstić information content (AvgIpc) is 2.83. The minimum Gasteiger partial charge on any atom is -0.356 e. The minimum atomic E-state index is -0.876. The van der Waals surface area contributed by atoms with E-state index in [0.717, 1.165) is 6.07 Å². The molecule has 2 aliphatic rings. The third-order valence-electron chi connectivity index (χ3n) is 4.36. The molecule has 2 fully saturated rings. The predicted octanol–water partition coefficient (Wildman–Crippen LogP) is 1.10. The van der Waals surface area contributed by atoms with E-state index in [1.807, 2.05) is 0 Å². The number of hydrogen-bond donors (Lipinski definition) is 1. The van der Waals surface area contributed by atoms with E-state index in [1.54, 1.807) is 0 Å². The van der Waals surface area contributed by atoms with Crippen molar-refractivity contribution in [3.63, 3.8) is 0 Å². The summed E-state index contributed by atoms with van der Waals surface area (Å²) in [5, 5.41) is 2.81. The number of piperidine rings is 1. The van der Waals surface area contributed by atoms with Crippen LogP contribution in [-0.4, -0.2) is 41.3 Å². The summed E-state index contributed by atoms with van der Waals surface area (Å²) in [7, 11) is 0. The van der Waals surface area contributed by atoms with E-state index in [9.17, 15) is 18.4 Å². The van der Waals surface area contributed by atoms with Gasteiger partial charge in [0.15, 0.2) is 5.82 Å². The molecule has 1 spiro atoms. The van der Waals surface area contributed by atoms with Crippen molar-refractivity contribution < 1.29 is 18.4 Å². The van der Waals surface area contributed by atoms with Crippen LogP contribution in [0.25, 0.3) is 0 Å². The first-order valence-corrected chi connectivity index (χ1v) is 6.86. The largest absolute Gasteiger partial charge is 0.356 e. The van der Waals surface area contributed by atoms with Gasteiger partial charge in [-0.25, -0.2) is 9.37 Å². The second-order valence-corrected chi connectivity index (χ2v) is 5.73. The summed E-state index contributed by atoms with van der Waals surface area (Å²) in [6.07, 6.45) is 2.57. The van der Waals surface area contributed by atoms with Crippen LogP contribution < -0.4 is 5.32 Å². The van der Waals surface area contributed by atoms with Gasteiger partial charge in [0.2, 0.25) is 11.9 Å². The molecule has 0 aliphatic carbocycles. The topological polar surface area (TPSA) is 62.3 Å². The molecule has 7 heteroatoms. The first-order valence-electron chi connectivity index (χ1n) is 6.86. The monoisotopic (exact) mass is 295 g/mol. The minimum absolute atomic E-state index is 0.0389. The van der Waals surface area contributed by atoms with Crippen molar-refractivity contribution in [1.29, 1.82) is 0 Å². The van der Waals surface area contributed by atoms with Crippen LogP contribution in [0.4, 0.5) is 8.78 Å². The number of hydrogen-bond acceptors (Lipinski definition) is 3. The van der Waals surface area contributed by atoms with E-state index < -0.39 is 17.7 Å². The van der Waals surface area contributed by atoms with Crippen LogP contribution >= 0.6 is 0 Å². The van der Waals surface area contributed by atoms with E-state index in [4.69, 9.17) is 0 Å². The van der Waals surface area contributed by atoms with Gasteiger partial charge >= 0.3 is 0 Å². The van der Waals surface area contributed by atoms with Crippen LogP contribution in [0, 0.1) is 17.2 Å². The van der Waals surface area contributed by atoms with Gasteiger partial charge in [0.1, 0.15) is 0 Å². The lowest BCUT2D eigenvalue weighted by molar-refractivity contribution is -0.119. The smallest absolute Gasteiger partial charge is 0.257 e. The van der Waals surface area contributed by atoms with Crippen LogP contribution in [0.3, 0.4) is 0 Å². The zero-order valence-corrected chi connectivity index (χ0v) is 11.4. The van der Waals surface area contributed by atoms with Crippen molar-refractivity contribution >= 4 is 11.8 Å². The summed E-state index contributed by atoms with van der Waals surface area (Å²) in [4.78, 5) is 28.3. The Kier molecular flexibility index (Phi) is 3.35. The molecule has 2 aliphatic heterocycles. The number of likely N-dealkylation sites (tertiary alicyclic amines) is 1. The Morgan fingerprint density at radius 2 is 2.05 bits per heavy atom. The van der Waals surface area contributed by atoms with E-state index >= 15 is 0 Å². The summed E-state index contributed by atoms with van der Waals surface area (Å²) >= 11 is 0. The number of carbonyl (C=O) groups is 2. The van der Waals surface area contributed by atoms with Gasteiger partial charge in [-0.15, -0.1) is 0 Å². The SMILES string of the molecule is O=C1CC2(CCN(C(=O)c3cc(F)ncc3F)CC2)CN1. The third kappa shape index (κ3) is 2.59. The number of nitrogens with one attached hydrogen (secondary N) is 1. The molecule has 112 valence electrons. The number of rotatable bonds is 1. The fraction of sp³-hybridized carbons (Fsp3) is 0.500. The maximum Gasteiger partial charge on any atom is 0.257 e. The molecule has 21 heavy (non-hydrogen) atoms. The predicted molar refractivity (Wildman–Crippen MR) is 69.4 cm³/mol. The van der Waals surface area contributed by atoms with Gasteiger partial charge in [0.25, 0.3) is 5.91 Å². The molecule has 0 bridgehead atoms. The van der Waals surface area contributed by atoms with Gasteiger partial charge in [-0.05, 0) is 18.3 Å². The molecule has 1 aromatic rings. The number of carbonyl (C=O) groups excluding carboxylic acids is 2. The number of amides is 2. The number of nitrogens with zero attached hydrogens (tertiary/aromatic N) is 2. The van der Waals surface area contributed by atoms with Crippen molar-refractivity contribution in [2.75, 3.05) is 19.6 Å². The van der Waals surface area contributed by atoms with Crippen molar-refractivity contribution in [2.24, 2.45) is 5.41 Å². The third-order valence-corrected chi connectivity index (χ3v) is 4.36. The van der Waals surface area contributed by atoms with Gasteiger partial charge in [0, 0.05) is 32.1 Å². The fourth-order valence-corrected chi connectivity index (χ4v) is 3.04. The summed E-state index contributed by atoms with van der Waals surface area (Å²) < 4.78 is 26.7. The molecule has 3 rings (SSSR count). The zero-order valence-electron chi connectivity index (χ0n) is 11.4. The highest BCUT2D eigenvalue weighted by molar-refractivity contribution is 5.94. The van der Waals surface area contributed by atoms with Gasteiger partial charge in [-0.3, -0.25) is 9.59 Å². The molecule has 2 saturated heterocycles. The zero-order chi connectivity index (χ0) is 15.0. The number of pyridine rings is 1. The molecule has 3 heterocycles. The van der Waals surface area contributed by atoms with Crippen LogP contribution in [-0.2, 0) is 4.79 Å². The Balaban J connectivity index is 1.70. The molecule has 0 aromatic carbocycles. The van der Waals surface area contributed by atoms with Crippen molar-refractivity contribution in [3.05, 3.63) is 29.6 Å². The molecule has 0 atom stereocenters. The average molecular weight is 295 g/mol. The maximum absolute atomic E-state index is 13.6. The highest BCUT2D eigenvalue weighted by Crippen LogP contribution is 2.37. The quantitative estimate of drug-likeness (QED) is 0.789. The Bertz CT molecular complexity index is 598. The van der Waals surface area contributed by atoms with E-state index in [0.29, 0.717) is 45.1 Å². The fourth-order valence-electron chi connectivity index (χ4n) is 3.04. The summed E-state index contributed by atoms with van der Waals surface area (Å²) in [5.74, 6) is -2.18. The molecule has 1 aromatic heterocycles. The molecule has 0 saturated carbocycles. The molecular weight excluding hydrogens is 280 g/mol. The molecule has 0 radical (unpaired) electrons. The lowest BCUT2D eigenvalue weighted by Crippen LogP contribution is -2.44. The standard InChI is InChI=1S/C14H15F2N3O2/c15-10-7-17-11(16)5-9(10)13(21)19-3-1-14(2-4-19)6-12(20)18-8-14/h5,7H,1-4,6,8H2,(H,18,20). The van der Waals surface area contributed by atoms with Crippen molar-refractivity contribution in [1.82, 2.24) is 15.2 Å². The van der Waals surface area contributed by atoms with Crippen molar-refractivity contribution in [3.8, 4) is 0 Å². The highest BCUT2D eigenvalue weighted by atomic mass is 19.1. The Hall–Kier alpha value is -2.05. The van der Waals surface area contributed by atoms with Crippen LogP contribution in [0.2, 0.25) is 0 Å². The maximum atomic E-state index is 13.6. The second-order valence-electron chi connectivity index (χ2n) is 5.73. The van der Waals surface area contributed by atoms with E-state index in [2.05, 4.69) is 10.3 Å². The normalized spacial score (nSPS) is 20.7. The van der Waals surface area contributed by atoms with Crippen molar-refractivity contribution in [2.45, 2.75) is 19.3 Å². The van der Waals surface area contributed by atoms with Gasteiger partial charge in [-0.2, -0.15) is 4.39 Å². The van der Waals surface area contributed by atoms with E-state index in [-0.39, 0.29) is 16.9 Å². The van der Waals surface area contributed by atoms with Gasteiger partial charge < -0.3 is 10.2 Å². The summed E-state index contributed by atoms with van der Waals surface area (Å²) in [6.45, 7) is 1.51. The first kappa shape index (κ1) is 13.9.